The van der Waals surface area contributed by atoms with Crippen LogP contribution in [0.3, 0.4) is 0 Å². The molecule has 0 radical (unpaired) electrons. The molecular formula is C21H16ClN5O3. The average Bonchev–Trinajstić information content (AvgIpc) is 3.15. The van der Waals surface area contributed by atoms with Gasteiger partial charge in [0.15, 0.2) is 17.2 Å². The number of aromatic nitrogens is 4. The molecule has 3 heterocycles. The first-order valence-electron chi connectivity index (χ1n) is 9.28. The van der Waals surface area contributed by atoms with Crippen molar-refractivity contribution in [3.05, 3.63) is 65.2 Å². The lowest BCUT2D eigenvalue weighted by atomic mass is 10.1. The molecule has 2 aromatic heterocycles. The van der Waals surface area contributed by atoms with E-state index < -0.39 is 5.91 Å². The molecule has 0 saturated heterocycles. The molecule has 1 N–H and O–H groups in total. The number of amides is 1. The Labute approximate surface area is 176 Å². The van der Waals surface area contributed by atoms with Crippen molar-refractivity contribution in [2.24, 2.45) is 0 Å². The van der Waals surface area contributed by atoms with Gasteiger partial charge < -0.3 is 14.8 Å². The van der Waals surface area contributed by atoms with Gasteiger partial charge in [0.1, 0.15) is 13.2 Å². The Kier molecular flexibility index (Phi) is 4.48. The van der Waals surface area contributed by atoms with Crippen LogP contribution in [0.25, 0.3) is 16.5 Å². The lowest BCUT2D eigenvalue weighted by molar-refractivity contribution is 0.102. The summed E-state index contributed by atoms with van der Waals surface area (Å²) in [6, 6.07) is 11.0. The Bertz CT molecular complexity index is 1280. The zero-order valence-electron chi connectivity index (χ0n) is 15.9. The molecule has 2 aromatic carbocycles. The minimum atomic E-state index is -0.417. The largest absolute Gasteiger partial charge is 0.486 e. The quantitative estimate of drug-likeness (QED) is 0.541. The van der Waals surface area contributed by atoms with Gasteiger partial charge in [0, 0.05) is 35.3 Å². The third kappa shape index (κ3) is 3.11. The maximum absolute atomic E-state index is 12.9. The number of carbonyl (C=O) groups is 1. The molecule has 0 bridgehead atoms. The highest BCUT2D eigenvalue weighted by Gasteiger charge is 2.21. The summed E-state index contributed by atoms with van der Waals surface area (Å²) in [4.78, 5) is 17.0. The fourth-order valence-corrected chi connectivity index (χ4v) is 3.60. The van der Waals surface area contributed by atoms with Crippen molar-refractivity contribution in [1.29, 1.82) is 0 Å². The number of halogens is 1. The second kappa shape index (κ2) is 7.31. The van der Waals surface area contributed by atoms with E-state index >= 15 is 0 Å². The van der Waals surface area contributed by atoms with Crippen molar-refractivity contribution >= 4 is 34.0 Å². The highest BCUT2D eigenvalue weighted by Crippen LogP contribution is 2.38. The molecule has 5 rings (SSSR count). The molecule has 0 unspecified atom stereocenters. The second-order valence-corrected chi connectivity index (χ2v) is 7.15. The van der Waals surface area contributed by atoms with Crippen molar-refractivity contribution in [2.75, 3.05) is 18.5 Å². The summed E-state index contributed by atoms with van der Waals surface area (Å²) in [5.41, 5.74) is 2.03. The van der Waals surface area contributed by atoms with Gasteiger partial charge in [-0.25, -0.2) is 4.68 Å². The third-order valence-corrected chi connectivity index (χ3v) is 5.19. The van der Waals surface area contributed by atoms with E-state index in [0.717, 1.165) is 16.5 Å². The molecule has 4 aromatic rings. The Balaban J connectivity index is 1.48. The van der Waals surface area contributed by atoms with E-state index in [9.17, 15) is 4.79 Å². The highest BCUT2D eigenvalue weighted by molar-refractivity contribution is 6.34. The van der Waals surface area contributed by atoms with Crippen molar-refractivity contribution in [3.63, 3.8) is 0 Å². The van der Waals surface area contributed by atoms with Gasteiger partial charge in [-0.15, -0.1) is 5.10 Å². The number of nitrogens with one attached hydrogen (secondary N) is 1. The van der Waals surface area contributed by atoms with Gasteiger partial charge >= 0.3 is 0 Å². The maximum atomic E-state index is 12.9. The molecule has 1 aliphatic rings. The van der Waals surface area contributed by atoms with Crippen LogP contribution in [0.1, 0.15) is 16.2 Å². The van der Waals surface area contributed by atoms with E-state index in [0.29, 0.717) is 41.1 Å². The number of nitrogens with zero attached hydrogens (tertiary/aromatic N) is 4. The molecular weight excluding hydrogens is 406 g/mol. The number of rotatable bonds is 3. The Morgan fingerprint density at radius 2 is 1.97 bits per heavy atom. The summed E-state index contributed by atoms with van der Waals surface area (Å²) in [7, 11) is 0. The molecule has 150 valence electrons. The molecule has 9 heteroatoms. The van der Waals surface area contributed by atoms with Crippen LogP contribution >= 0.6 is 11.6 Å². The Hall–Kier alpha value is -3.65. The summed E-state index contributed by atoms with van der Waals surface area (Å²) in [6.07, 6.45) is 3.50. The number of benzene rings is 2. The summed E-state index contributed by atoms with van der Waals surface area (Å²) in [5.74, 6) is 0.668. The fourth-order valence-electron chi connectivity index (χ4n) is 3.40. The van der Waals surface area contributed by atoms with Crippen molar-refractivity contribution < 1.29 is 14.3 Å². The average molecular weight is 422 g/mol. The third-order valence-electron chi connectivity index (χ3n) is 4.88. The van der Waals surface area contributed by atoms with E-state index in [1.165, 1.54) is 0 Å². The smallest absolute Gasteiger partial charge is 0.278 e. The highest BCUT2D eigenvalue weighted by atomic mass is 35.5. The van der Waals surface area contributed by atoms with E-state index in [1.807, 2.05) is 24.3 Å². The monoisotopic (exact) mass is 421 g/mol. The normalized spacial score (nSPS) is 12.7. The van der Waals surface area contributed by atoms with Gasteiger partial charge in [0.25, 0.3) is 5.91 Å². The van der Waals surface area contributed by atoms with Gasteiger partial charge in [-0.3, -0.25) is 9.78 Å². The molecule has 30 heavy (non-hydrogen) atoms. The number of hydrogen-bond donors (Lipinski definition) is 1. The van der Waals surface area contributed by atoms with E-state index in [-0.39, 0.29) is 5.69 Å². The lowest BCUT2D eigenvalue weighted by Crippen LogP contribution is -2.17. The number of pyridine rings is 1. The van der Waals surface area contributed by atoms with Crippen LogP contribution in [0.5, 0.6) is 11.5 Å². The predicted octanol–water partition coefficient (Wildman–Crippen LogP) is 3.80. The number of carbonyl (C=O) groups excluding carboxylic acids is 1. The first-order valence-corrected chi connectivity index (χ1v) is 9.65. The molecule has 8 nitrogen and oxygen atoms in total. The van der Waals surface area contributed by atoms with Crippen LogP contribution in [0.15, 0.2) is 48.8 Å². The van der Waals surface area contributed by atoms with E-state index in [2.05, 4.69) is 20.6 Å². The summed E-state index contributed by atoms with van der Waals surface area (Å²) >= 11 is 6.30. The number of anilines is 1. The molecule has 0 aliphatic carbocycles. The van der Waals surface area contributed by atoms with Crippen LogP contribution in [0, 0.1) is 6.92 Å². The molecule has 1 aliphatic heterocycles. The molecule has 0 spiro atoms. The standard InChI is InChI=1S/C21H16ClN5O3/c1-12-20(21(28)24-16-10-19-18(9-15(16)22)29-7-8-30-19)25-26-27(12)17-4-2-3-13-11-23-6-5-14(13)17/h2-6,9-11H,7-8H2,1H3,(H,24,28). The minimum absolute atomic E-state index is 0.201. The van der Waals surface area contributed by atoms with Crippen molar-refractivity contribution in [3.8, 4) is 17.2 Å². The topological polar surface area (TPSA) is 91.2 Å². The van der Waals surface area contributed by atoms with Crippen LogP contribution in [-0.2, 0) is 0 Å². The van der Waals surface area contributed by atoms with Crippen LogP contribution in [0.2, 0.25) is 5.02 Å². The molecule has 0 fully saturated rings. The van der Waals surface area contributed by atoms with E-state index in [1.54, 1.807) is 36.1 Å². The lowest BCUT2D eigenvalue weighted by Gasteiger charge is -2.19. The first-order chi connectivity index (χ1) is 14.6. The Morgan fingerprint density at radius 3 is 2.80 bits per heavy atom. The van der Waals surface area contributed by atoms with Gasteiger partial charge in [0.05, 0.1) is 22.1 Å². The van der Waals surface area contributed by atoms with Crippen molar-refractivity contribution in [1.82, 2.24) is 20.0 Å². The zero-order chi connectivity index (χ0) is 20.7. The van der Waals surface area contributed by atoms with E-state index in [4.69, 9.17) is 21.1 Å². The van der Waals surface area contributed by atoms with Gasteiger partial charge in [-0.05, 0) is 19.1 Å². The molecule has 0 saturated carbocycles. The summed E-state index contributed by atoms with van der Waals surface area (Å²) in [6.45, 7) is 2.69. The zero-order valence-corrected chi connectivity index (χ0v) is 16.7. The minimum Gasteiger partial charge on any atom is -0.486 e. The van der Waals surface area contributed by atoms with Crippen molar-refractivity contribution in [2.45, 2.75) is 6.92 Å². The molecule has 0 atom stereocenters. The SMILES string of the molecule is Cc1c(C(=O)Nc2cc3c(cc2Cl)OCCO3)nnn1-c1cccc2cnccc12. The van der Waals surface area contributed by atoms with Crippen LogP contribution < -0.4 is 14.8 Å². The van der Waals surface area contributed by atoms with Crippen LogP contribution in [-0.4, -0.2) is 39.1 Å². The molecule has 1 amide bonds. The van der Waals surface area contributed by atoms with Gasteiger partial charge in [0.2, 0.25) is 0 Å². The first kappa shape index (κ1) is 18.4. The van der Waals surface area contributed by atoms with Crippen LogP contribution in [0.4, 0.5) is 5.69 Å². The Morgan fingerprint density at radius 1 is 1.17 bits per heavy atom. The summed E-state index contributed by atoms with van der Waals surface area (Å²) < 4.78 is 12.7. The second-order valence-electron chi connectivity index (χ2n) is 6.74. The fraction of sp³-hybridized carbons (Fsp3) is 0.143. The number of hydrogen-bond acceptors (Lipinski definition) is 6. The van der Waals surface area contributed by atoms with Gasteiger partial charge in [-0.1, -0.05) is 28.9 Å². The predicted molar refractivity (Wildman–Crippen MR) is 112 cm³/mol. The maximum Gasteiger partial charge on any atom is 0.278 e. The summed E-state index contributed by atoms with van der Waals surface area (Å²) in [5, 5.41) is 13.4. The number of fused-ring (bicyclic) bond motifs is 2. The number of ether oxygens (including phenoxy) is 2. The van der Waals surface area contributed by atoms with Gasteiger partial charge in [-0.2, -0.15) is 0 Å².